The second-order valence-electron chi connectivity index (χ2n) is 5.10. The summed E-state index contributed by atoms with van der Waals surface area (Å²) in [6.45, 7) is 7.08. The highest BCUT2D eigenvalue weighted by molar-refractivity contribution is 7.11. The molecule has 0 bridgehead atoms. The molecule has 0 radical (unpaired) electrons. The maximum atomic E-state index is 5.81. The van der Waals surface area contributed by atoms with Crippen LogP contribution in [0.1, 0.15) is 45.6 Å². The van der Waals surface area contributed by atoms with Gasteiger partial charge in [0.15, 0.2) is 0 Å². The van der Waals surface area contributed by atoms with Crippen LogP contribution in [0.25, 0.3) is 0 Å². The number of thiazole rings is 1. The van der Waals surface area contributed by atoms with Crippen LogP contribution in [0.4, 0.5) is 0 Å². The lowest BCUT2D eigenvalue weighted by molar-refractivity contribution is 0.863. The summed E-state index contributed by atoms with van der Waals surface area (Å²) in [5.74, 6) is 0. The number of nitrogens with two attached hydrogens (primary N) is 1. The second-order valence-corrected chi connectivity index (χ2v) is 6.27. The van der Waals surface area contributed by atoms with Crippen LogP contribution in [0.3, 0.4) is 0 Å². The van der Waals surface area contributed by atoms with Crippen molar-refractivity contribution in [1.29, 1.82) is 0 Å². The highest BCUT2D eigenvalue weighted by Gasteiger charge is 2.10. The summed E-state index contributed by atoms with van der Waals surface area (Å²) >= 11 is 1.77. The first kappa shape index (κ1) is 14.2. The summed E-state index contributed by atoms with van der Waals surface area (Å²) in [5, 5.41) is 1.19. The first-order valence-electron chi connectivity index (χ1n) is 6.87. The van der Waals surface area contributed by atoms with Gasteiger partial charge in [-0.05, 0) is 25.8 Å². The molecule has 2 aromatic rings. The molecule has 3 heteroatoms. The van der Waals surface area contributed by atoms with E-state index in [0.717, 1.165) is 19.3 Å². The van der Waals surface area contributed by atoms with Crippen LogP contribution in [0.2, 0.25) is 0 Å². The molecule has 0 fully saturated rings. The smallest absolute Gasteiger partial charge is 0.0975 e. The topological polar surface area (TPSA) is 38.9 Å². The SMILES string of the molecule is CCCc1nc(Cc2cc(C)cc(C)c2)sc1CN. The Morgan fingerprint density at radius 2 is 1.84 bits per heavy atom. The molecule has 0 amide bonds. The van der Waals surface area contributed by atoms with E-state index in [9.17, 15) is 0 Å². The molecule has 0 spiro atoms. The van der Waals surface area contributed by atoms with Crippen molar-refractivity contribution in [1.82, 2.24) is 4.98 Å². The maximum absolute atomic E-state index is 5.81. The van der Waals surface area contributed by atoms with Gasteiger partial charge < -0.3 is 5.73 Å². The number of aromatic nitrogens is 1. The van der Waals surface area contributed by atoms with Gasteiger partial charge in [-0.3, -0.25) is 0 Å². The zero-order valence-corrected chi connectivity index (χ0v) is 12.8. The van der Waals surface area contributed by atoms with Gasteiger partial charge in [0.1, 0.15) is 0 Å². The van der Waals surface area contributed by atoms with Gasteiger partial charge in [0.2, 0.25) is 0 Å². The van der Waals surface area contributed by atoms with Crippen molar-refractivity contribution < 1.29 is 0 Å². The van der Waals surface area contributed by atoms with Crippen molar-refractivity contribution in [3.8, 4) is 0 Å². The maximum Gasteiger partial charge on any atom is 0.0975 e. The average molecular weight is 274 g/mol. The van der Waals surface area contributed by atoms with Gasteiger partial charge in [-0.2, -0.15) is 0 Å². The first-order valence-corrected chi connectivity index (χ1v) is 7.68. The fraction of sp³-hybridized carbons (Fsp3) is 0.438. The molecule has 0 unspecified atom stereocenters. The van der Waals surface area contributed by atoms with Gasteiger partial charge in [0, 0.05) is 17.8 Å². The third kappa shape index (κ3) is 3.64. The first-order chi connectivity index (χ1) is 9.12. The van der Waals surface area contributed by atoms with Gasteiger partial charge in [-0.15, -0.1) is 11.3 Å². The van der Waals surface area contributed by atoms with Crippen LogP contribution in [0.15, 0.2) is 18.2 Å². The fourth-order valence-corrected chi connectivity index (χ4v) is 3.48. The lowest BCUT2D eigenvalue weighted by Crippen LogP contribution is -1.98. The van der Waals surface area contributed by atoms with Crippen molar-refractivity contribution in [2.75, 3.05) is 0 Å². The standard InChI is InChI=1S/C16H22N2S/c1-4-5-14-15(10-17)19-16(18-14)9-13-7-11(2)6-12(3)8-13/h6-8H,4-5,9-10,17H2,1-3H3. The number of nitrogens with zero attached hydrogens (tertiary/aromatic N) is 1. The Kier molecular flexibility index (Phi) is 4.72. The molecular formula is C16H22N2S. The van der Waals surface area contributed by atoms with Crippen molar-refractivity contribution in [3.05, 3.63) is 50.5 Å². The van der Waals surface area contributed by atoms with Crippen LogP contribution in [0.5, 0.6) is 0 Å². The molecule has 2 nitrogen and oxygen atoms in total. The minimum atomic E-state index is 0.611. The highest BCUT2D eigenvalue weighted by atomic mass is 32.1. The molecule has 0 aliphatic rings. The minimum Gasteiger partial charge on any atom is -0.326 e. The molecule has 0 saturated heterocycles. The van der Waals surface area contributed by atoms with E-state index in [1.807, 2.05) is 0 Å². The second kappa shape index (κ2) is 6.31. The van der Waals surface area contributed by atoms with Gasteiger partial charge in [0.05, 0.1) is 10.7 Å². The van der Waals surface area contributed by atoms with Gasteiger partial charge in [-0.25, -0.2) is 4.98 Å². The zero-order valence-electron chi connectivity index (χ0n) is 12.0. The van der Waals surface area contributed by atoms with Crippen molar-refractivity contribution in [3.63, 3.8) is 0 Å². The summed E-state index contributed by atoms with van der Waals surface area (Å²) in [5.41, 5.74) is 11.0. The third-order valence-corrected chi connectivity index (χ3v) is 4.25. The largest absolute Gasteiger partial charge is 0.326 e. The van der Waals surface area contributed by atoms with Crippen molar-refractivity contribution >= 4 is 11.3 Å². The Balaban J connectivity index is 2.22. The molecule has 0 aliphatic heterocycles. The number of aryl methyl sites for hydroxylation is 3. The monoisotopic (exact) mass is 274 g/mol. The van der Waals surface area contributed by atoms with E-state index in [1.54, 1.807) is 11.3 Å². The summed E-state index contributed by atoms with van der Waals surface area (Å²) in [6, 6.07) is 6.70. The predicted octanol–water partition coefficient (Wildman–Crippen LogP) is 3.76. The number of benzene rings is 1. The van der Waals surface area contributed by atoms with E-state index in [4.69, 9.17) is 10.7 Å². The number of hydrogen-bond donors (Lipinski definition) is 1. The molecule has 2 N–H and O–H groups in total. The Hall–Kier alpha value is -1.19. The zero-order chi connectivity index (χ0) is 13.8. The summed E-state index contributed by atoms with van der Waals surface area (Å²) < 4.78 is 0. The quantitative estimate of drug-likeness (QED) is 0.901. The normalized spacial score (nSPS) is 10.9. The molecular weight excluding hydrogens is 252 g/mol. The summed E-state index contributed by atoms with van der Waals surface area (Å²) in [7, 11) is 0. The summed E-state index contributed by atoms with van der Waals surface area (Å²) in [4.78, 5) is 6.02. The molecule has 1 aromatic carbocycles. The van der Waals surface area contributed by atoms with Crippen LogP contribution in [-0.2, 0) is 19.4 Å². The Bertz CT molecular complexity index is 538. The number of rotatable bonds is 5. The molecule has 2 rings (SSSR count). The van der Waals surface area contributed by atoms with E-state index in [0.29, 0.717) is 6.54 Å². The predicted molar refractivity (Wildman–Crippen MR) is 82.7 cm³/mol. The van der Waals surface area contributed by atoms with Crippen LogP contribution in [-0.4, -0.2) is 4.98 Å². The Morgan fingerprint density at radius 1 is 1.16 bits per heavy atom. The van der Waals surface area contributed by atoms with Gasteiger partial charge >= 0.3 is 0 Å². The average Bonchev–Trinajstić information content (AvgIpc) is 2.70. The molecule has 19 heavy (non-hydrogen) atoms. The molecule has 0 saturated carbocycles. The molecule has 0 aliphatic carbocycles. The lowest BCUT2D eigenvalue weighted by atomic mass is 10.1. The van der Waals surface area contributed by atoms with E-state index >= 15 is 0 Å². The Morgan fingerprint density at radius 3 is 2.42 bits per heavy atom. The van der Waals surface area contributed by atoms with E-state index in [-0.39, 0.29) is 0 Å². The van der Waals surface area contributed by atoms with Crippen molar-refractivity contribution in [2.24, 2.45) is 5.73 Å². The number of hydrogen-bond acceptors (Lipinski definition) is 3. The van der Waals surface area contributed by atoms with Crippen LogP contribution < -0.4 is 5.73 Å². The third-order valence-electron chi connectivity index (χ3n) is 3.13. The lowest BCUT2D eigenvalue weighted by Gasteiger charge is -2.02. The molecule has 0 atom stereocenters. The fourth-order valence-electron chi connectivity index (χ4n) is 2.45. The summed E-state index contributed by atoms with van der Waals surface area (Å²) in [6.07, 6.45) is 3.08. The molecule has 1 heterocycles. The van der Waals surface area contributed by atoms with Crippen molar-refractivity contribution in [2.45, 2.75) is 46.6 Å². The van der Waals surface area contributed by atoms with E-state index in [2.05, 4.69) is 39.0 Å². The highest BCUT2D eigenvalue weighted by Crippen LogP contribution is 2.23. The minimum absolute atomic E-state index is 0.611. The Labute approximate surface area is 119 Å². The van der Waals surface area contributed by atoms with E-state index < -0.39 is 0 Å². The molecule has 1 aromatic heterocycles. The molecule has 102 valence electrons. The van der Waals surface area contributed by atoms with Gasteiger partial charge in [0.25, 0.3) is 0 Å². The van der Waals surface area contributed by atoms with Crippen LogP contribution >= 0.6 is 11.3 Å². The van der Waals surface area contributed by atoms with Crippen LogP contribution in [0, 0.1) is 13.8 Å². The van der Waals surface area contributed by atoms with E-state index in [1.165, 1.54) is 32.3 Å². The van der Waals surface area contributed by atoms with Gasteiger partial charge in [-0.1, -0.05) is 42.7 Å².